The fourth-order valence-corrected chi connectivity index (χ4v) is 2.60. The van der Waals surface area contributed by atoms with Crippen LogP contribution in [0.25, 0.3) is 0 Å². The van der Waals surface area contributed by atoms with Crippen molar-refractivity contribution in [3.8, 4) is 0 Å². The van der Waals surface area contributed by atoms with Crippen LogP contribution in [0.1, 0.15) is 41.0 Å². The molecule has 3 nitrogen and oxygen atoms in total. The van der Waals surface area contributed by atoms with E-state index >= 15 is 0 Å². The molecule has 0 fully saturated rings. The maximum Gasteiger partial charge on any atom is 0.319 e. The third kappa shape index (κ3) is 6.48. The molecular weight excluding hydrogens is 260 g/mol. The van der Waals surface area contributed by atoms with Gasteiger partial charge in [-0.05, 0) is 43.9 Å². The normalized spacial score (nSPS) is 12.1. The Morgan fingerprint density at radius 1 is 1.21 bits per heavy atom. The molecule has 0 saturated carbocycles. The summed E-state index contributed by atoms with van der Waals surface area (Å²) in [6.07, 6.45) is 0.892. The van der Waals surface area contributed by atoms with Crippen molar-refractivity contribution in [1.29, 1.82) is 0 Å². The van der Waals surface area contributed by atoms with Gasteiger partial charge in [0.25, 0.3) is 0 Å². The number of benzene rings is 1. The summed E-state index contributed by atoms with van der Waals surface area (Å²) in [5, 5.41) is 6.38. The molecule has 0 aliphatic rings. The van der Waals surface area contributed by atoms with Crippen molar-refractivity contribution in [2.45, 2.75) is 46.6 Å². The molecule has 0 aliphatic carbocycles. The first-order valence-electron chi connectivity index (χ1n) is 6.42. The molecule has 0 radical (unpaired) electrons. The minimum Gasteiger partial charge on any atom is -0.333 e. The summed E-state index contributed by atoms with van der Waals surface area (Å²) >= 11 is 5.88. The third-order valence-electron chi connectivity index (χ3n) is 2.51. The molecule has 19 heavy (non-hydrogen) atoms. The van der Waals surface area contributed by atoms with E-state index in [2.05, 4.69) is 31.4 Å². The molecule has 2 N–H and O–H groups in total. The molecule has 0 aliphatic heterocycles. The predicted molar refractivity (Wildman–Crippen MR) is 81.8 cm³/mol. The SMILES string of the molecule is CC(C)(C)CC(C)(C)NC(=O)Nc1cccc(Cl)c1. The fraction of sp³-hybridized carbons (Fsp3) is 0.533. The molecule has 0 aromatic heterocycles. The van der Waals surface area contributed by atoms with E-state index in [0.29, 0.717) is 10.7 Å². The number of hydrogen-bond donors (Lipinski definition) is 2. The molecule has 0 saturated heterocycles. The zero-order valence-electron chi connectivity index (χ0n) is 12.3. The van der Waals surface area contributed by atoms with Gasteiger partial charge in [-0.1, -0.05) is 38.4 Å². The Bertz CT molecular complexity index is 450. The van der Waals surface area contributed by atoms with Crippen LogP contribution in [0.4, 0.5) is 10.5 Å². The van der Waals surface area contributed by atoms with Crippen LogP contribution < -0.4 is 10.6 Å². The Kier molecular flexibility index (Phi) is 4.86. The lowest BCUT2D eigenvalue weighted by molar-refractivity contribution is 0.220. The van der Waals surface area contributed by atoms with Gasteiger partial charge in [0.1, 0.15) is 0 Å². The minimum absolute atomic E-state index is 0.160. The molecule has 0 heterocycles. The van der Waals surface area contributed by atoms with Gasteiger partial charge < -0.3 is 10.6 Å². The van der Waals surface area contributed by atoms with Crippen molar-refractivity contribution in [3.63, 3.8) is 0 Å². The maximum absolute atomic E-state index is 12.0. The minimum atomic E-state index is -0.263. The van der Waals surface area contributed by atoms with E-state index in [4.69, 9.17) is 11.6 Å². The first-order valence-corrected chi connectivity index (χ1v) is 6.80. The van der Waals surface area contributed by atoms with Gasteiger partial charge in [-0.3, -0.25) is 0 Å². The van der Waals surface area contributed by atoms with E-state index in [9.17, 15) is 4.79 Å². The maximum atomic E-state index is 12.0. The highest BCUT2D eigenvalue weighted by Gasteiger charge is 2.26. The number of anilines is 1. The van der Waals surface area contributed by atoms with Crippen molar-refractivity contribution >= 4 is 23.3 Å². The number of halogens is 1. The molecule has 1 rings (SSSR count). The third-order valence-corrected chi connectivity index (χ3v) is 2.74. The van der Waals surface area contributed by atoms with Crippen molar-refractivity contribution in [2.75, 3.05) is 5.32 Å². The summed E-state index contributed by atoms with van der Waals surface area (Å²) in [6, 6.07) is 6.89. The van der Waals surface area contributed by atoms with Crippen LogP contribution in [-0.4, -0.2) is 11.6 Å². The van der Waals surface area contributed by atoms with E-state index in [1.807, 2.05) is 19.9 Å². The highest BCUT2D eigenvalue weighted by atomic mass is 35.5. The Labute approximate surface area is 120 Å². The van der Waals surface area contributed by atoms with Gasteiger partial charge in [-0.2, -0.15) is 0 Å². The average Bonchev–Trinajstić information content (AvgIpc) is 2.11. The van der Waals surface area contributed by atoms with Gasteiger partial charge >= 0.3 is 6.03 Å². The lowest BCUT2D eigenvalue weighted by Gasteiger charge is -2.33. The second-order valence-electron chi connectivity index (χ2n) is 6.71. The number of nitrogens with one attached hydrogen (secondary N) is 2. The van der Waals surface area contributed by atoms with Gasteiger partial charge in [-0.15, -0.1) is 0 Å². The average molecular weight is 283 g/mol. The first-order chi connectivity index (χ1) is 8.57. The Balaban J connectivity index is 2.60. The van der Waals surface area contributed by atoms with Gasteiger partial charge in [0.05, 0.1) is 0 Å². The number of rotatable bonds is 3. The van der Waals surface area contributed by atoms with E-state index < -0.39 is 0 Å². The van der Waals surface area contributed by atoms with Crippen LogP contribution in [0.5, 0.6) is 0 Å². The number of hydrogen-bond acceptors (Lipinski definition) is 1. The van der Waals surface area contributed by atoms with Gasteiger partial charge in [0, 0.05) is 16.2 Å². The second-order valence-corrected chi connectivity index (χ2v) is 7.15. The van der Waals surface area contributed by atoms with E-state index in [1.165, 1.54) is 0 Å². The summed E-state index contributed by atoms with van der Waals surface area (Å²) in [4.78, 5) is 12.0. The number of amides is 2. The van der Waals surface area contributed by atoms with Crippen LogP contribution in [0, 0.1) is 5.41 Å². The summed E-state index contributed by atoms with van der Waals surface area (Å²) in [5.41, 5.74) is 0.588. The Morgan fingerprint density at radius 2 is 1.84 bits per heavy atom. The summed E-state index contributed by atoms with van der Waals surface area (Å²) in [6.45, 7) is 10.5. The highest BCUT2D eigenvalue weighted by Crippen LogP contribution is 2.26. The fourth-order valence-electron chi connectivity index (χ4n) is 2.41. The zero-order valence-corrected chi connectivity index (χ0v) is 13.1. The van der Waals surface area contributed by atoms with Crippen LogP contribution in [-0.2, 0) is 0 Å². The Hall–Kier alpha value is -1.22. The topological polar surface area (TPSA) is 41.1 Å². The highest BCUT2D eigenvalue weighted by molar-refractivity contribution is 6.30. The van der Waals surface area contributed by atoms with Crippen molar-refractivity contribution in [1.82, 2.24) is 5.32 Å². The second kappa shape index (κ2) is 5.83. The number of urea groups is 1. The first kappa shape index (κ1) is 15.8. The summed E-state index contributed by atoms with van der Waals surface area (Å²) < 4.78 is 0. The van der Waals surface area contributed by atoms with Crippen molar-refractivity contribution in [2.24, 2.45) is 5.41 Å². The zero-order chi connectivity index (χ0) is 14.7. The molecule has 1 aromatic carbocycles. The lowest BCUT2D eigenvalue weighted by atomic mass is 9.82. The molecule has 0 unspecified atom stereocenters. The standard InChI is InChI=1S/C15H23ClN2O/c1-14(2,3)10-15(4,5)18-13(19)17-12-8-6-7-11(16)9-12/h6-9H,10H2,1-5H3,(H2,17,18,19). The molecule has 0 bridgehead atoms. The lowest BCUT2D eigenvalue weighted by Crippen LogP contribution is -2.47. The number of carbonyl (C=O) groups excluding carboxylic acids is 1. The van der Waals surface area contributed by atoms with E-state index in [1.54, 1.807) is 18.2 Å². The van der Waals surface area contributed by atoms with Crippen molar-refractivity contribution < 1.29 is 4.79 Å². The quantitative estimate of drug-likeness (QED) is 0.830. The Morgan fingerprint density at radius 3 is 2.37 bits per heavy atom. The molecule has 4 heteroatoms. The number of carbonyl (C=O) groups is 1. The monoisotopic (exact) mass is 282 g/mol. The van der Waals surface area contributed by atoms with E-state index in [0.717, 1.165) is 6.42 Å². The molecule has 0 atom stereocenters. The van der Waals surface area contributed by atoms with Crippen LogP contribution in [0.15, 0.2) is 24.3 Å². The van der Waals surface area contributed by atoms with Crippen LogP contribution >= 0.6 is 11.6 Å². The largest absolute Gasteiger partial charge is 0.333 e. The smallest absolute Gasteiger partial charge is 0.319 e. The van der Waals surface area contributed by atoms with Gasteiger partial charge in [-0.25, -0.2) is 4.79 Å². The van der Waals surface area contributed by atoms with Crippen LogP contribution in [0.3, 0.4) is 0 Å². The molecule has 0 spiro atoms. The van der Waals surface area contributed by atoms with Crippen LogP contribution in [0.2, 0.25) is 5.02 Å². The molecule has 106 valence electrons. The van der Waals surface area contributed by atoms with Gasteiger partial charge in [0.15, 0.2) is 0 Å². The van der Waals surface area contributed by atoms with E-state index in [-0.39, 0.29) is 17.0 Å². The molecule has 2 amide bonds. The molecular formula is C15H23ClN2O. The summed E-state index contributed by atoms with van der Waals surface area (Å²) in [5.74, 6) is 0. The summed E-state index contributed by atoms with van der Waals surface area (Å²) in [7, 11) is 0. The van der Waals surface area contributed by atoms with Gasteiger partial charge in [0.2, 0.25) is 0 Å². The predicted octanol–water partition coefficient (Wildman–Crippen LogP) is 4.68. The van der Waals surface area contributed by atoms with Crippen molar-refractivity contribution in [3.05, 3.63) is 29.3 Å². The molecule has 1 aromatic rings.